The third-order valence-electron chi connectivity index (χ3n) is 3.10. The van der Waals surface area contributed by atoms with Crippen LogP contribution in [0.2, 0.25) is 0 Å². The maximum Gasteiger partial charge on any atom is 0.250 e. The number of sulfonamides is 1. The summed E-state index contributed by atoms with van der Waals surface area (Å²) in [6.07, 6.45) is 0.836. The molecule has 0 spiro atoms. The van der Waals surface area contributed by atoms with Gasteiger partial charge in [0.25, 0.3) is 0 Å². The summed E-state index contributed by atoms with van der Waals surface area (Å²) in [7, 11) is -3.42. The van der Waals surface area contributed by atoms with E-state index < -0.39 is 10.0 Å². The smallest absolute Gasteiger partial charge is 0.250 e. The minimum atomic E-state index is -3.42. The molecule has 2 N–H and O–H groups in total. The van der Waals surface area contributed by atoms with Crippen LogP contribution in [0.5, 0.6) is 0 Å². The van der Waals surface area contributed by atoms with Crippen molar-refractivity contribution < 1.29 is 8.42 Å². The molecule has 0 radical (unpaired) electrons. The van der Waals surface area contributed by atoms with Crippen molar-refractivity contribution in [3.05, 3.63) is 22.5 Å². The van der Waals surface area contributed by atoms with Crippen molar-refractivity contribution in [1.29, 1.82) is 0 Å². The molecule has 0 aliphatic carbocycles. The fourth-order valence-electron chi connectivity index (χ4n) is 2.11. The molecule has 3 rings (SSSR count). The number of rotatable bonds is 4. The first kappa shape index (κ1) is 16.9. The van der Waals surface area contributed by atoms with Crippen molar-refractivity contribution >= 4 is 45.1 Å². The highest BCUT2D eigenvalue weighted by atomic mass is 35.5. The van der Waals surface area contributed by atoms with Crippen LogP contribution in [0.1, 0.15) is 11.4 Å². The fraction of sp³-hybridized carbons (Fsp3) is 0.417. The van der Waals surface area contributed by atoms with Crippen LogP contribution in [0.4, 0.5) is 0 Å². The third-order valence-corrected chi connectivity index (χ3v) is 6.99. The molecule has 9 heteroatoms. The summed E-state index contributed by atoms with van der Waals surface area (Å²) in [5, 5.41) is 6.08. The number of aryl methyl sites for hydroxylation is 1. The van der Waals surface area contributed by atoms with E-state index in [0.29, 0.717) is 10.8 Å². The van der Waals surface area contributed by atoms with E-state index in [4.69, 9.17) is 0 Å². The Labute approximate surface area is 138 Å². The van der Waals surface area contributed by atoms with E-state index in [0.717, 1.165) is 28.5 Å². The van der Waals surface area contributed by atoms with Gasteiger partial charge in [0, 0.05) is 18.0 Å². The molecule has 1 saturated heterocycles. The highest BCUT2D eigenvalue weighted by molar-refractivity contribution is 7.91. The van der Waals surface area contributed by atoms with Gasteiger partial charge in [-0.05, 0) is 32.0 Å². The number of nitrogens with one attached hydrogen (secondary N) is 2. The number of nitrogens with zero attached hydrogens (tertiary/aromatic N) is 1. The lowest BCUT2D eigenvalue weighted by molar-refractivity contribution is 0.562. The second-order valence-corrected chi connectivity index (χ2v) is 8.77. The molecule has 2 aromatic heterocycles. The van der Waals surface area contributed by atoms with Gasteiger partial charge in [0.15, 0.2) is 0 Å². The predicted octanol–water partition coefficient (Wildman–Crippen LogP) is 2.24. The van der Waals surface area contributed by atoms with E-state index in [2.05, 4.69) is 15.0 Å². The van der Waals surface area contributed by atoms with Crippen molar-refractivity contribution in [3.8, 4) is 10.6 Å². The fourth-order valence-corrected chi connectivity index (χ4v) is 5.35. The average molecular weight is 366 g/mol. The molecule has 1 fully saturated rings. The van der Waals surface area contributed by atoms with Gasteiger partial charge < -0.3 is 5.32 Å². The van der Waals surface area contributed by atoms with Crippen LogP contribution in [0, 0.1) is 6.92 Å². The van der Waals surface area contributed by atoms with E-state index in [1.165, 1.54) is 11.3 Å². The lowest BCUT2D eigenvalue weighted by Crippen LogP contribution is -2.35. The van der Waals surface area contributed by atoms with Gasteiger partial charge in [-0.1, -0.05) is 0 Å². The van der Waals surface area contributed by atoms with Crippen LogP contribution in [-0.4, -0.2) is 32.5 Å². The summed E-state index contributed by atoms with van der Waals surface area (Å²) in [6, 6.07) is 3.46. The topological polar surface area (TPSA) is 71.1 Å². The Hall–Kier alpha value is -0.510. The molecule has 2 aromatic rings. The van der Waals surface area contributed by atoms with Gasteiger partial charge in [0.2, 0.25) is 10.0 Å². The Morgan fingerprint density at radius 2 is 2.24 bits per heavy atom. The number of hydrogen-bond donors (Lipinski definition) is 2. The van der Waals surface area contributed by atoms with Crippen molar-refractivity contribution in [2.45, 2.75) is 23.6 Å². The van der Waals surface area contributed by atoms with E-state index in [9.17, 15) is 8.42 Å². The highest BCUT2D eigenvalue weighted by Crippen LogP contribution is 2.31. The molecular weight excluding hydrogens is 350 g/mol. The Bertz CT molecular complexity index is 705. The van der Waals surface area contributed by atoms with Crippen molar-refractivity contribution in [1.82, 2.24) is 15.0 Å². The molecule has 0 saturated carbocycles. The first-order valence-corrected chi connectivity index (χ1v) is 9.48. The Morgan fingerprint density at radius 3 is 2.86 bits per heavy atom. The summed E-state index contributed by atoms with van der Waals surface area (Å²) in [5.41, 5.74) is 0.849. The average Bonchev–Trinajstić information content (AvgIpc) is 3.07. The summed E-state index contributed by atoms with van der Waals surface area (Å²) in [6.45, 7) is 3.50. The zero-order valence-corrected chi connectivity index (χ0v) is 14.6. The number of hydrogen-bond acceptors (Lipinski definition) is 6. The SMILES string of the molecule is Cc1nc(-c2ccc(S(=O)(=O)NC3CCNC3)s2)cs1.Cl. The summed E-state index contributed by atoms with van der Waals surface area (Å²) >= 11 is 2.83. The quantitative estimate of drug-likeness (QED) is 0.871. The standard InChI is InChI=1S/C12H15N3O2S3.ClH/c1-8-14-10(7-18-8)11-2-3-12(19-11)20(16,17)15-9-4-5-13-6-9;/h2-3,7,9,13,15H,4-6H2,1H3;1H. The molecule has 0 amide bonds. The molecule has 5 nitrogen and oxygen atoms in total. The maximum absolute atomic E-state index is 12.3. The highest BCUT2D eigenvalue weighted by Gasteiger charge is 2.24. The Balaban J connectivity index is 0.00000161. The Morgan fingerprint density at radius 1 is 1.43 bits per heavy atom. The molecule has 1 aliphatic rings. The molecule has 1 atom stereocenters. The minimum Gasteiger partial charge on any atom is -0.315 e. The van der Waals surface area contributed by atoms with E-state index in [1.54, 1.807) is 17.4 Å². The second kappa shape index (κ2) is 6.72. The summed E-state index contributed by atoms with van der Waals surface area (Å²) < 4.78 is 27.7. The molecule has 21 heavy (non-hydrogen) atoms. The third kappa shape index (κ3) is 3.82. The van der Waals surface area contributed by atoms with Crippen LogP contribution < -0.4 is 10.0 Å². The summed E-state index contributed by atoms with van der Waals surface area (Å²) in [4.78, 5) is 5.27. The van der Waals surface area contributed by atoms with Gasteiger partial charge in [-0.3, -0.25) is 0 Å². The van der Waals surface area contributed by atoms with Gasteiger partial charge in [0.1, 0.15) is 4.21 Å². The number of aromatic nitrogens is 1. The first-order valence-electron chi connectivity index (χ1n) is 6.30. The van der Waals surface area contributed by atoms with Crippen molar-refractivity contribution in [3.63, 3.8) is 0 Å². The van der Waals surface area contributed by atoms with Crippen molar-refractivity contribution in [2.75, 3.05) is 13.1 Å². The van der Waals surface area contributed by atoms with E-state index in [1.807, 2.05) is 18.4 Å². The lowest BCUT2D eigenvalue weighted by atomic mass is 10.3. The van der Waals surface area contributed by atoms with Gasteiger partial charge in [0.05, 0.1) is 15.6 Å². The van der Waals surface area contributed by atoms with Crippen LogP contribution >= 0.6 is 35.1 Å². The van der Waals surface area contributed by atoms with E-state index >= 15 is 0 Å². The molecule has 1 aliphatic heterocycles. The molecule has 0 bridgehead atoms. The number of halogens is 1. The van der Waals surface area contributed by atoms with Crippen LogP contribution in [0.15, 0.2) is 21.7 Å². The van der Waals surface area contributed by atoms with Gasteiger partial charge in [-0.25, -0.2) is 18.1 Å². The number of thiophene rings is 1. The van der Waals surface area contributed by atoms with Gasteiger partial charge in [-0.15, -0.1) is 35.1 Å². The normalized spacial score (nSPS) is 18.6. The van der Waals surface area contributed by atoms with Crippen LogP contribution in [0.3, 0.4) is 0 Å². The molecule has 3 heterocycles. The maximum atomic E-state index is 12.3. The second-order valence-electron chi connectivity index (χ2n) is 4.68. The molecule has 0 aromatic carbocycles. The predicted molar refractivity (Wildman–Crippen MR) is 89.0 cm³/mol. The zero-order chi connectivity index (χ0) is 14.2. The molecular formula is C12H16ClN3O2S3. The number of thiazole rings is 1. The molecule has 116 valence electrons. The van der Waals surface area contributed by atoms with E-state index in [-0.39, 0.29) is 18.4 Å². The van der Waals surface area contributed by atoms with Crippen LogP contribution in [0.25, 0.3) is 10.6 Å². The molecule has 1 unspecified atom stereocenters. The monoisotopic (exact) mass is 365 g/mol. The Kier molecular flexibility index (Phi) is 5.39. The largest absolute Gasteiger partial charge is 0.315 e. The van der Waals surface area contributed by atoms with Gasteiger partial charge in [-0.2, -0.15) is 0 Å². The van der Waals surface area contributed by atoms with Gasteiger partial charge >= 0.3 is 0 Å². The van der Waals surface area contributed by atoms with Crippen molar-refractivity contribution in [2.24, 2.45) is 0 Å². The first-order chi connectivity index (χ1) is 9.54. The minimum absolute atomic E-state index is 0. The lowest BCUT2D eigenvalue weighted by Gasteiger charge is -2.10. The zero-order valence-electron chi connectivity index (χ0n) is 11.3. The van der Waals surface area contributed by atoms with Crippen LogP contribution in [-0.2, 0) is 10.0 Å². The summed E-state index contributed by atoms with van der Waals surface area (Å²) in [5.74, 6) is 0.